The van der Waals surface area contributed by atoms with Gasteiger partial charge in [0, 0.05) is 57.6 Å². The number of halogens is 1. The van der Waals surface area contributed by atoms with Crippen LogP contribution >= 0.6 is 0 Å². The van der Waals surface area contributed by atoms with E-state index in [0.29, 0.717) is 64.7 Å². The fourth-order valence-corrected chi connectivity index (χ4v) is 6.34. The van der Waals surface area contributed by atoms with E-state index in [-0.39, 0.29) is 40.3 Å². The molecule has 14 nitrogen and oxygen atoms in total. The smallest absolute Gasteiger partial charge is 0.410 e. The third-order valence-electron chi connectivity index (χ3n) is 7.41. The molecule has 0 aliphatic carbocycles. The van der Waals surface area contributed by atoms with Crippen molar-refractivity contribution < 1.29 is 41.7 Å². The minimum atomic E-state index is -4.12. The zero-order valence-corrected chi connectivity index (χ0v) is 28.2. The molecule has 0 radical (unpaired) electrons. The minimum Gasteiger partial charge on any atom is -0.483 e. The average Bonchev–Trinajstić information content (AvgIpc) is 3.05. The Balaban J connectivity index is 0.00000167. The second-order valence-corrected chi connectivity index (χ2v) is 13.6. The van der Waals surface area contributed by atoms with Gasteiger partial charge in [-0.05, 0) is 56.7 Å². The number of hydrogen-bond acceptors (Lipinski definition) is 11. The van der Waals surface area contributed by atoms with Crippen LogP contribution in [0.2, 0.25) is 0 Å². The number of anilines is 2. The number of pyridine rings is 2. The van der Waals surface area contributed by atoms with Gasteiger partial charge in [-0.3, -0.25) is 19.4 Å². The molecular formula is C32H41FN6O8S. The Labute approximate surface area is 279 Å². The average molecular weight is 689 g/mol. The monoisotopic (exact) mass is 688 g/mol. The molecule has 260 valence electrons. The van der Waals surface area contributed by atoms with Crippen molar-refractivity contribution >= 4 is 34.0 Å². The summed E-state index contributed by atoms with van der Waals surface area (Å²) in [5, 5.41) is 6.89. The van der Waals surface area contributed by atoms with Gasteiger partial charge in [-0.15, -0.1) is 0 Å². The zero-order valence-electron chi connectivity index (χ0n) is 27.4. The van der Waals surface area contributed by atoms with Gasteiger partial charge in [-0.2, -0.15) is 0 Å². The topological polar surface area (TPSA) is 164 Å². The van der Waals surface area contributed by atoms with Crippen molar-refractivity contribution in [3.8, 4) is 17.1 Å². The molecule has 0 unspecified atom stereocenters. The normalized spacial score (nSPS) is 15.6. The summed E-state index contributed by atoms with van der Waals surface area (Å²) in [7, 11) is -2.76. The maximum absolute atomic E-state index is 15.4. The zero-order chi connectivity index (χ0) is 34.9. The van der Waals surface area contributed by atoms with Gasteiger partial charge in [0.05, 0.1) is 43.6 Å². The second-order valence-electron chi connectivity index (χ2n) is 12.0. The Kier molecular flexibility index (Phi) is 12.1. The predicted molar refractivity (Wildman–Crippen MR) is 176 cm³/mol. The van der Waals surface area contributed by atoms with Gasteiger partial charge in [0.15, 0.2) is 4.90 Å². The predicted octanol–water partition coefficient (Wildman–Crippen LogP) is 3.68. The quantitative estimate of drug-likeness (QED) is 0.331. The van der Waals surface area contributed by atoms with Crippen LogP contribution in [0, 0.1) is 5.82 Å². The van der Waals surface area contributed by atoms with Gasteiger partial charge < -0.3 is 29.1 Å². The van der Waals surface area contributed by atoms with Crippen LogP contribution in [0.15, 0.2) is 53.7 Å². The molecule has 0 spiro atoms. The number of amides is 1. The molecule has 4 heterocycles. The number of nitrogens with zero attached hydrogens (tertiary/aromatic N) is 5. The van der Waals surface area contributed by atoms with Crippen LogP contribution in [0.5, 0.6) is 5.88 Å². The standard InChI is InChI=1S/C31H39FN6O6S.CH2O2/c1-31(2,3)44-30(39)38-11-9-36(10-12-38)21-22-5-6-25(26(32)17-22)27-18-23(7-8-33-27)35-45(40,41)28-19-24(20-34-29(28)42-4)37-13-15-43-16-14-37;2-1-3/h5-8,17-20H,9-16,21H2,1-4H3,(H,33,35);1H,(H,2,3). The molecule has 3 aromatic rings. The van der Waals surface area contributed by atoms with E-state index in [1.807, 2.05) is 31.7 Å². The Morgan fingerprint density at radius 1 is 1.06 bits per heavy atom. The van der Waals surface area contributed by atoms with Gasteiger partial charge in [-0.25, -0.2) is 22.6 Å². The lowest BCUT2D eigenvalue weighted by atomic mass is 10.1. The minimum absolute atomic E-state index is 0.0401. The molecule has 5 rings (SSSR count). The van der Waals surface area contributed by atoms with E-state index in [2.05, 4.69) is 19.6 Å². The number of hydrogen-bond donors (Lipinski definition) is 2. The molecule has 1 amide bonds. The number of benzene rings is 1. The van der Waals surface area contributed by atoms with Gasteiger partial charge in [0.25, 0.3) is 16.5 Å². The second kappa shape index (κ2) is 16.0. The summed E-state index contributed by atoms with van der Waals surface area (Å²) >= 11 is 0. The molecule has 2 saturated heterocycles. The maximum atomic E-state index is 15.4. The molecule has 2 aliphatic heterocycles. The largest absolute Gasteiger partial charge is 0.483 e. The van der Waals surface area contributed by atoms with Gasteiger partial charge >= 0.3 is 6.09 Å². The third-order valence-corrected chi connectivity index (χ3v) is 8.79. The van der Waals surface area contributed by atoms with Crippen molar-refractivity contribution in [3.05, 3.63) is 60.2 Å². The lowest BCUT2D eigenvalue weighted by molar-refractivity contribution is -0.122. The number of carbonyl (C=O) groups is 2. The fourth-order valence-electron chi connectivity index (χ4n) is 5.15. The van der Waals surface area contributed by atoms with Crippen LogP contribution in [0.1, 0.15) is 26.3 Å². The molecule has 2 N–H and O–H groups in total. The number of morpholine rings is 1. The van der Waals surface area contributed by atoms with Crippen molar-refractivity contribution in [2.45, 2.75) is 37.8 Å². The first-order valence-electron chi connectivity index (χ1n) is 15.3. The first-order chi connectivity index (χ1) is 22.8. The molecule has 2 aromatic heterocycles. The highest BCUT2D eigenvalue weighted by molar-refractivity contribution is 7.92. The van der Waals surface area contributed by atoms with Gasteiger partial charge in [0.1, 0.15) is 11.4 Å². The van der Waals surface area contributed by atoms with E-state index in [1.54, 1.807) is 17.2 Å². The van der Waals surface area contributed by atoms with Crippen LogP contribution < -0.4 is 14.4 Å². The summed E-state index contributed by atoms with van der Waals surface area (Å²) in [6.07, 6.45) is 2.67. The summed E-state index contributed by atoms with van der Waals surface area (Å²) in [5.74, 6) is -0.516. The van der Waals surface area contributed by atoms with Gasteiger partial charge in [-0.1, -0.05) is 6.07 Å². The third kappa shape index (κ3) is 9.74. The summed E-state index contributed by atoms with van der Waals surface area (Å²) < 4.78 is 61.0. The molecular weight excluding hydrogens is 647 g/mol. The SMILES string of the molecule is COc1ncc(N2CCOCC2)cc1S(=O)(=O)Nc1ccnc(-c2ccc(CN3CCN(C(=O)OC(C)(C)C)CC3)cc2F)c1.O=CO. The van der Waals surface area contributed by atoms with Crippen molar-refractivity contribution in [3.63, 3.8) is 0 Å². The summed E-state index contributed by atoms with van der Waals surface area (Å²) in [6, 6.07) is 9.43. The van der Waals surface area contributed by atoms with Crippen LogP contribution in [0.3, 0.4) is 0 Å². The molecule has 48 heavy (non-hydrogen) atoms. The number of ether oxygens (including phenoxy) is 3. The number of sulfonamides is 1. The van der Waals surface area contributed by atoms with Gasteiger partial charge in [0.2, 0.25) is 5.88 Å². The van der Waals surface area contributed by atoms with Crippen LogP contribution in [-0.2, 0) is 30.8 Å². The first-order valence-corrected chi connectivity index (χ1v) is 16.7. The van der Waals surface area contributed by atoms with E-state index < -0.39 is 21.4 Å². The highest BCUT2D eigenvalue weighted by atomic mass is 32.2. The van der Waals surface area contributed by atoms with E-state index in [0.717, 1.165) is 5.56 Å². The summed E-state index contributed by atoms with van der Waals surface area (Å²) in [6.45, 7) is 10.4. The molecule has 2 aliphatic rings. The van der Waals surface area contributed by atoms with Crippen molar-refractivity contribution in [2.75, 3.05) is 69.2 Å². The number of carbonyl (C=O) groups excluding carboxylic acids is 1. The van der Waals surface area contributed by atoms with E-state index in [9.17, 15) is 13.2 Å². The lowest BCUT2D eigenvalue weighted by Gasteiger charge is -2.35. The number of aromatic nitrogens is 2. The number of carboxylic acid groups (broad SMARTS) is 1. The fraction of sp³-hybridized carbons (Fsp3) is 0.438. The van der Waals surface area contributed by atoms with Crippen LogP contribution in [0.4, 0.5) is 20.6 Å². The van der Waals surface area contributed by atoms with Crippen molar-refractivity contribution in [2.24, 2.45) is 0 Å². The molecule has 16 heteroatoms. The first kappa shape index (κ1) is 36.3. The Hall–Kier alpha value is -4.54. The number of rotatable bonds is 8. The Bertz CT molecular complexity index is 1670. The highest BCUT2D eigenvalue weighted by Crippen LogP contribution is 2.30. The molecule has 0 bridgehead atoms. The Morgan fingerprint density at radius 2 is 1.75 bits per heavy atom. The van der Waals surface area contributed by atoms with Crippen molar-refractivity contribution in [1.29, 1.82) is 0 Å². The van der Waals surface area contributed by atoms with E-state index in [4.69, 9.17) is 24.1 Å². The number of nitrogens with one attached hydrogen (secondary N) is 1. The Morgan fingerprint density at radius 3 is 2.38 bits per heavy atom. The highest BCUT2D eigenvalue weighted by Gasteiger charge is 2.27. The van der Waals surface area contributed by atoms with Crippen LogP contribution in [-0.4, -0.2) is 111 Å². The number of piperazine rings is 1. The number of methoxy groups -OCH3 is 1. The molecule has 2 fully saturated rings. The van der Waals surface area contributed by atoms with Crippen molar-refractivity contribution in [1.82, 2.24) is 19.8 Å². The lowest BCUT2D eigenvalue weighted by Crippen LogP contribution is -2.49. The molecule has 0 saturated carbocycles. The molecule has 0 atom stereocenters. The van der Waals surface area contributed by atoms with E-state index in [1.165, 1.54) is 37.6 Å². The molecule has 1 aromatic carbocycles. The van der Waals surface area contributed by atoms with E-state index >= 15 is 4.39 Å². The maximum Gasteiger partial charge on any atom is 0.410 e. The summed E-state index contributed by atoms with van der Waals surface area (Å²) in [4.78, 5) is 34.9. The van der Waals surface area contributed by atoms with Crippen LogP contribution in [0.25, 0.3) is 11.3 Å². The summed E-state index contributed by atoms with van der Waals surface area (Å²) in [5.41, 5.74) is 1.60.